The van der Waals surface area contributed by atoms with Gasteiger partial charge in [-0.2, -0.15) is 18.3 Å². The minimum atomic E-state index is -4.57. The first kappa shape index (κ1) is 17.7. The molecule has 0 atom stereocenters. The predicted molar refractivity (Wildman–Crippen MR) is 75.3 cm³/mol. The van der Waals surface area contributed by atoms with Gasteiger partial charge in [-0.15, -0.1) is 0 Å². The Labute approximate surface area is 125 Å². The van der Waals surface area contributed by atoms with Crippen molar-refractivity contribution < 1.29 is 23.1 Å². The summed E-state index contributed by atoms with van der Waals surface area (Å²) in [6, 6.07) is 6.02. The summed E-state index contributed by atoms with van der Waals surface area (Å²) in [6.07, 6.45) is -3.29. The summed E-state index contributed by atoms with van der Waals surface area (Å²) in [6.45, 7) is 3.44. The molecule has 0 saturated heterocycles. The number of aromatic amines is 1. The van der Waals surface area contributed by atoms with Crippen molar-refractivity contribution in [3.05, 3.63) is 47.7 Å². The first-order valence-corrected chi connectivity index (χ1v) is 6.37. The molecule has 0 unspecified atom stereocenters. The molecule has 1 amide bonds. The number of carbonyl (C=O) groups excluding carboxylic acids is 1. The predicted octanol–water partition coefficient (Wildman–Crippen LogP) is 3.07. The summed E-state index contributed by atoms with van der Waals surface area (Å²) in [7, 11) is 0. The fraction of sp³-hybridized carbons (Fsp3) is 0.286. The number of amides is 1. The van der Waals surface area contributed by atoms with E-state index in [9.17, 15) is 18.0 Å². The maximum atomic E-state index is 12.7. The zero-order chi connectivity index (χ0) is 16.8. The Hall–Kier alpha value is -2.35. The van der Waals surface area contributed by atoms with Crippen LogP contribution >= 0.6 is 0 Å². The number of hydrogen-bond donors (Lipinski definition) is 3. The fourth-order valence-corrected chi connectivity index (χ4v) is 1.44. The van der Waals surface area contributed by atoms with Gasteiger partial charge in [0, 0.05) is 18.4 Å². The number of H-pyrrole nitrogens is 1. The molecule has 0 spiro atoms. The van der Waals surface area contributed by atoms with E-state index >= 15 is 0 Å². The minimum absolute atomic E-state index is 0.164. The van der Waals surface area contributed by atoms with Crippen molar-refractivity contribution in [1.29, 1.82) is 0 Å². The number of halogens is 3. The van der Waals surface area contributed by atoms with Crippen LogP contribution in [0.2, 0.25) is 0 Å². The Balaban J connectivity index is 0.000000541. The van der Waals surface area contributed by atoms with Gasteiger partial charge in [-0.05, 0) is 26.0 Å². The van der Waals surface area contributed by atoms with Crippen LogP contribution < -0.4 is 5.32 Å². The maximum Gasteiger partial charge on any atom is 0.417 e. The maximum absolute atomic E-state index is 12.7. The summed E-state index contributed by atoms with van der Waals surface area (Å²) in [5.41, 5.74) is -1.41. The van der Waals surface area contributed by atoms with Crippen molar-refractivity contribution in [3.63, 3.8) is 0 Å². The molecule has 2 rings (SSSR count). The van der Waals surface area contributed by atoms with Gasteiger partial charge >= 0.3 is 6.18 Å². The van der Waals surface area contributed by atoms with Gasteiger partial charge in [0.15, 0.2) is 5.82 Å². The Bertz CT molecular complexity index is 593. The number of rotatable bonds is 2. The van der Waals surface area contributed by atoms with Gasteiger partial charge < -0.3 is 10.4 Å². The van der Waals surface area contributed by atoms with Gasteiger partial charge in [-0.1, -0.05) is 12.1 Å². The molecular formula is C14H16F3N3O2. The van der Waals surface area contributed by atoms with Crippen molar-refractivity contribution in [3.8, 4) is 0 Å². The Morgan fingerprint density at radius 1 is 1.27 bits per heavy atom. The van der Waals surface area contributed by atoms with Gasteiger partial charge in [0.25, 0.3) is 5.91 Å². The molecule has 0 saturated carbocycles. The molecule has 120 valence electrons. The SMILES string of the molecule is CC(C)O.O=C(Nc1cc[nH]n1)c1ccccc1C(F)(F)F. The highest BCUT2D eigenvalue weighted by Gasteiger charge is 2.34. The van der Waals surface area contributed by atoms with Gasteiger partial charge in [0.05, 0.1) is 11.1 Å². The van der Waals surface area contributed by atoms with Crippen LogP contribution in [0.25, 0.3) is 0 Å². The van der Waals surface area contributed by atoms with Crippen molar-refractivity contribution in [2.45, 2.75) is 26.1 Å². The van der Waals surface area contributed by atoms with Crippen LogP contribution in [0.3, 0.4) is 0 Å². The van der Waals surface area contributed by atoms with Crippen LogP contribution in [-0.2, 0) is 6.18 Å². The number of aromatic nitrogens is 2. The van der Waals surface area contributed by atoms with Gasteiger partial charge in [-0.25, -0.2) is 0 Å². The standard InChI is InChI=1S/C11H8F3N3O.C3H8O/c12-11(13,14)8-4-2-1-3-7(8)10(18)16-9-5-6-15-17-9;1-3(2)4/h1-6H,(H2,15,16,17,18);3-4H,1-2H3. The van der Waals surface area contributed by atoms with E-state index in [-0.39, 0.29) is 11.9 Å². The molecule has 0 radical (unpaired) electrons. The van der Waals surface area contributed by atoms with E-state index in [1.807, 2.05) is 0 Å². The smallest absolute Gasteiger partial charge is 0.394 e. The topological polar surface area (TPSA) is 78.0 Å². The van der Waals surface area contributed by atoms with E-state index in [2.05, 4.69) is 15.5 Å². The summed E-state index contributed by atoms with van der Waals surface area (Å²) in [5.74, 6) is -0.688. The third-order valence-electron chi connectivity index (χ3n) is 2.22. The molecular weight excluding hydrogens is 299 g/mol. The van der Waals surface area contributed by atoms with Crippen molar-refractivity contribution >= 4 is 11.7 Å². The largest absolute Gasteiger partial charge is 0.417 e. The normalized spacial score (nSPS) is 10.9. The van der Waals surface area contributed by atoms with Crippen molar-refractivity contribution in [2.75, 3.05) is 5.32 Å². The van der Waals surface area contributed by atoms with E-state index in [1.54, 1.807) is 13.8 Å². The second-order valence-corrected chi connectivity index (χ2v) is 4.55. The zero-order valence-corrected chi connectivity index (χ0v) is 12.0. The van der Waals surface area contributed by atoms with Crippen LogP contribution in [0.1, 0.15) is 29.8 Å². The molecule has 1 aromatic carbocycles. The molecule has 0 fully saturated rings. The number of aliphatic hydroxyl groups is 1. The Morgan fingerprint density at radius 3 is 2.36 bits per heavy atom. The third-order valence-corrected chi connectivity index (χ3v) is 2.22. The second-order valence-electron chi connectivity index (χ2n) is 4.55. The quantitative estimate of drug-likeness (QED) is 0.797. The molecule has 0 bridgehead atoms. The molecule has 22 heavy (non-hydrogen) atoms. The van der Waals surface area contributed by atoms with Crippen LogP contribution in [0.5, 0.6) is 0 Å². The van der Waals surface area contributed by atoms with E-state index < -0.39 is 23.2 Å². The highest BCUT2D eigenvalue weighted by Crippen LogP contribution is 2.32. The lowest BCUT2D eigenvalue weighted by Gasteiger charge is -2.11. The molecule has 0 aliphatic rings. The van der Waals surface area contributed by atoms with Crippen LogP contribution in [-0.4, -0.2) is 27.3 Å². The van der Waals surface area contributed by atoms with Crippen molar-refractivity contribution in [1.82, 2.24) is 10.2 Å². The van der Waals surface area contributed by atoms with Crippen LogP contribution in [0.15, 0.2) is 36.5 Å². The zero-order valence-electron chi connectivity index (χ0n) is 12.0. The lowest BCUT2D eigenvalue weighted by molar-refractivity contribution is -0.137. The average Bonchev–Trinajstić information content (AvgIpc) is 2.90. The van der Waals surface area contributed by atoms with Crippen LogP contribution in [0.4, 0.5) is 19.0 Å². The average molecular weight is 315 g/mol. The lowest BCUT2D eigenvalue weighted by Crippen LogP contribution is -2.18. The van der Waals surface area contributed by atoms with E-state index in [0.717, 1.165) is 12.1 Å². The summed E-state index contributed by atoms with van der Waals surface area (Å²) < 4.78 is 38.1. The van der Waals surface area contributed by atoms with Gasteiger partial charge in [-0.3, -0.25) is 9.89 Å². The van der Waals surface area contributed by atoms with E-state index in [1.165, 1.54) is 24.4 Å². The number of hydrogen-bond acceptors (Lipinski definition) is 3. The van der Waals surface area contributed by atoms with Gasteiger partial charge in [0.1, 0.15) is 0 Å². The number of nitrogens with zero attached hydrogens (tertiary/aromatic N) is 1. The molecule has 1 heterocycles. The summed E-state index contributed by atoms with van der Waals surface area (Å²) in [5, 5.41) is 16.4. The number of nitrogens with one attached hydrogen (secondary N) is 2. The van der Waals surface area contributed by atoms with E-state index in [0.29, 0.717) is 0 Å². The van der Waals surface area contributed by atoms with Crippen LogP contribution in [0, 0.1) is 0 Å². The number of carbonyl (C=O) groups is 1. The monoisotopic (exact) mass is 315 g/mol. The molecule has 8 heteroatoms. The molecule has 0 aliphatic carbocycles. The number of anilines is 1. The molecule has 2 aromatic rings. The highest BCUT2D eigenvalue weighted by atomic mass is 19.4. The summed E-state index contributed by atoms with van der Waals surface area (Å²) in [4.78, 5) is 11.7. The number of alkyl halides is 3. The Morgan fingerprint density at radius 2 is 1.86 bits per heavy atom. The number of benzene rings is 1. The molecule has 0 aliphatic heterocycles. The first-order valence-electron chi connectivity index (χ1n) is 6.37. The van der Waals surface area contributed by atoms with Gasteiger partial charge in [0.2, 0.25) is 0 Å². The minimum Gasteiger partial charge on any atom is -0.394 e. The van der Waals surface area contributed by atoms with Crippen molar-refractivity contribution in [2.24, 2.45) is 0 Å². The molecule has 5 nitrogen and oxygen atoms in total. The fourth-order valence-electron chi connectivity index (χ4n) is 1.44. The summed E-state index contributed by atoms with van der Waals surface area (Å²) >= 11 is 0. The lowest BCUT2D eigenvalue weighted by atomic mass is 10.1. The molecule has 3 N–H and O–H groups in total. The first-order chi connectivity index (χ1) is 10.2. The number of aliphatic hydroxyl groups excluding tert-OH is 1. The second kappa shape index (κ2) is 7.60. The highest BCUT2D eigenvalue weighted by molar-refractivity contribution is 6.04. The third kappa shape index (κ3) is 5.57. The van der Waals surface area contributed by atoms with E-state index in [4.69, 9.17) is 5.11 Å². The molecule has 1 aromatic heterocycles. The Kier molecular flexibility index (Phi) is 6.11.